The van der Waals surface area contributed by atoms with Gasteiger partial charge in [-0.2, -0.15) is 4.73 Å². The molecule has 0 amide bonds. The summed E-state index contributed by atoms with van der Waals surface area (Å²) in [6, 6.07) is 4.38. The highest BCUT2D eigenvalue weighted by molar-refractivity contribution is 6.42. The monoisotopic (exact) mass is 297 g/mol. The van der Waals surface area contributed by atoms with E-state index >= 15 is 0 Å². The Balaban J connectivity index is 2.60. The number of hydrogen-bond donors (Lipinski definition) is 2. The summed E-state index contributed by atoms with van der Waals surface area (Å²) in [7, 11) is 0. The van der Waals surface area contributed by atoms with Crippen LogP contribution in [0.25, 0.3) is 22.2 Å². The highest BCUT2D eigenvalue weighted by Crippen LogP contribution is 2.33. The Kier molecular flexibility index (Phi) is 2.51. The van der Waals surface area contributed by atoms with Gasteiger partial charge in [-0.05, 0) is 18.2 Å². The molecule has 1 aromatic carbocycles. The van der Waals surface area contributed by atoms with Crippen molar-refractivity contribution in [3.8, 4) is 17.1 Å². The molecule has 0 saturated carbocycles. The van der Waals surface area contributed by atoms with Crippen LogP contribution in [0.1, 0.15) is 0 Å². The smallest absolute Gasteiger partial charge is 0.298 e. The normalized spacial score (nSPS) is 11.3. The fraction of sp³-hybridized carbons (Fsp3) is 0. The Morgan fingerprint density at radius 2 is 1.79 bits per heavy atom. The predicted molar refractivity (Wildman–Crippen MR) is 69.3 cm³/mol. The number of nitrogens with zero attached hydrogens (tertiary/aromatic N) is 3. The molecule has 1 aromatic rings. The van der Waals surface area contributed by atoms with Gasteiger partial charge in [-0.15, -0.1) is 10.2 Å². The van der Waals surface area contributed by atoms with Gasteiger partial charge in [0.1, 0.15) is 0 Å². The maximum absolute atomic E-state index is 11.6. The van der Waals surface area contributed by atoms with Crippen molar-refractivity contribution in [3.63, 3.8) is 0 Å². The van der Waals surface area contributed by atoms with E-state index in [1.807, 2.05) is 0 Å². The van der Waals surface area contributed by atoms with Gasteiger partial charge in [0.05, 0.1) is 21.1 Å². The van der Waals surface area contributed by atoms with E-state index in [0.717, 1.165) is 0 Å². The van der Waals surface area contributed by atoms with Gasteiger partial charge in [-0.3, -0.25) is 4.79 Å². The lowest BCUT2D eigenvalue weighted by molar-refractivity contribution is 0.199. The van der Waals surface area contributed by atoms with Crippen LogP contribution >= 0.6 is 23.2 Å². The van der Waals surface area contributed by atoms with Crippen LogP contribution in [0.4, 0.5) is 0 Å². The molecule has 0 aromatic heterocycles. The van der Waals surface area contributed by atoms with Gasteiger partial charge in [-0.1, -0.05) is 23.2 Å². The SMILES string of the molecule is O=c1nnc(O)c2n(O)c3cc(Cl)c(Cl)cc3cc1-2. The summed E-state index contributed by atoms with van der Waals surface area (Å²) in [5.74, 6) is -0.551. The molecule has 8 heteroatoms. The standard InChI is InChI=1S/C11H5Cl2N3O3/c12-6-2-4-1-5-9(11(18)15-14-10(5)17)16(19)8(4)3-7(6)13/h1-3,18-19H. The predicted octanol–water partition coefficient (Wildman–Crippen LogP) is 2.15. The highest BCUT2D eigenvalue weighted by atomic mass is 35.5. The zero-order chi connectivity index (χ0) is 13.7. The van der Waals surface area contributed by atoms with Gasteiger partial charge in [0, 0.05) is 5.39 Å². The minimum atomic E-state index is -0.663. The van der Waals surface area contributed by atoms with Gasteiger partial charge in [0.15, 0.2) is 5.69 Å². The van der Waals surface area contributed by atoms with Crippen LogP contribution in [0.15, 0.2) is 23.0 Å². The zero-order valence-electron chi connectivity index (χ0n) is 9.13. The molecule has 0 saturated heterocycles. The van der Waals surface area contributed by atoms with Crippen molar-refractivity contribution in [1.82, 2.24) is 14.9 Å². The van der Waals surface area contributed by atoms with Crippen molar-refractivity contribution < 1.29 is 10.3 Å². The Morgan fingerprint density at radius 1 is 1.11 bits per heavy atom. The number of rotatable bonds is 0. The van der Waals surface area contributed by atoms with Gasteiger partial charge >= 0.3 is 0 Å². The lowest BCUT2D eigenvalue weighted by Gasteiger charge is -2.13. The first kappa shape index (κ1) is 12.0. The van der Waals surface area contributed by atoms with E-state index in [1.165, 1.54) is 18.2 Å². The first-order valence-corrected chi connectivity index (χ1v) is 5.84. The summed E-state index contributed by atoms with van der Waals surface area (Å²) in [6.45, 7) is 0. The number of aromatic nitrogens is 3. The minimum absolute atomic E-state index is 0.0286. The van der Waals surface area contributed by atoms with Crippen LogP contribution in [0.2, 0.25) is 10.0 Å². The molecule has 2 N–H and O–H groups in total. The van der Waals surface area contributed by atoms with Crippen molar-refractivity contribution in [3.05, 3.63) is 38.6 Å². The quantitative estimate of drug-likeness (QED) is 0.490. The largest absolute Gasteiger partial charge is 0.491 e. The van der Waals surface area contributed by atoms with Crippen LogP contribution in [0.3, 0.4) is 0 Å². The molecular weight excluding hydrogens is 293 g/mol. The van der Waals surface area contributed by atoms with Crippen molar-refractivity contribution in [2.24, 2.45) is 0 Å². The van der Waals surface area contributed by atoms with Crippen LogP contribution in [-0.4, -0.2) is 25.2 Å². The average molecular weight is 298 g/mol. The molecule has 2 aliphatic rings. The van der Waals surface area contributed by atoms with Gasteiger partial charge in [0.2, 0.25) is 0 Å². The van der Waals surface area contributed by atoms with Gasteiger partial charge in [0.25, 0.3) is 11.4 Å². The second-order valence-corrected chi connectivity index (χ2v) is 4.69. The van der Waals surface area contributed by atoms with Crippen molar-refractivity contribution in [2.45, 2.75) is 0 Å². The molecule has 96 valence electrons. The first-order chi connectivity index (χ1) is 8.99. The van der Waals surface area contributed by atoms with E-state index in [0.29, 0.717) is 10.1 Å². The number of benzene rings is 1. The fourth-order valence-corrected chi connectivity index (χ4v) is 2.21. The lowest BCUT2D eigenvalue weighted by Crippen LogP contribution is -2.16. The molecule has 19 heavy (non-hydrogen) atoms. The molecule has 2 aliphatic heterocycles. The van der Waals surface area contributed by atoms with Crippen molar-refractivity contribution >= 4 is 34.1 Å². The molecule has 0 radical (unpaired) electrons. The first-order valence-electron chi connectivity index (χ1n) is 5.08. The number of fused-ring (bicyclic) bond motifs is 2. The third kappa shape index (κ3) is 1.68. The summed E-state index contributed by atoms with van der Waals surface area (Å²) in [5, 5.41) is 27.2. The highest BCUT2D eigenvalue weighted by Gasteiger charge is 2.20. The summed E-state index contributed by atoms with van der Waals surface area (Å²) in [5.41, 5.74) is -0.486. The van der Waals surface area contributed by atoms with E-state index < -0.39 is 11.4 Å². The second-order valence-electron chi connectivity index (χ2n) is 3.87. The van der Waals surface area contributed by atoms with E-state index in [2.05, 4.69) is 10.2 Å². The number of hydrogen-bond acceptors (Lipinski definition) is 5. The zero-order valence-corrected chi connectivity index (χ0v) is 10.6. The lowest BCUT2D eigenvalue weighted by atomic mass is 10.1. The molecule has 0 aliphatic carbocycles. The molecule has 0 unspecified atom stereocenters. The van der Waals surface area contributed by atoms with Gasteiger partial charge in [-0.25, -0.2) is 0 Å². The fourth-order valence-electron chi connectivity index (χ4n) is 1.88. The number of halogens is 2. The van der Waals surface area contributed by atoms with Crippen LogP contribution in [-0.2, 0) is 0 Å². The van der Waals surface area contributed by atoms with Crippen LogP contribution < -0.4 is 5.56 Å². The molecule has 0 atom stereocenters. The third-order valence-electron chi connectivity index (χ3n) is 2.74. The number of aromatic hydroxyl groups is 1. The maximum Gasteiger partial charge on any atom is 0.298 e. The Labute approximate surface area is 115 Å². The summed E-state index contributed by atoms with van der Waals surface area (Å²) < 4.78 is 0.637. The average Bonchev–Trinajstić information content (AvgIpc) is 2.36. The van der Waals surface area contributed by atoms with E-state index in [1.54, 1.807) is 0 Å². The molecule has 0 bridgehead atoms. The van der Waals surface area contributed by atoms with E-state index in [4.69, 9.17) is 23.2 Å². The molecule has 2 heterocycles. The topological polar surface area (TPSA) is 88.2 Å². The second kappa shape index (κ2) is 3.97. The molecular formula is C11H5Cl2N3O3. The molecule has 3 rings (SSSR count). The Bertz CT molecular complexity index is 847. The number of pyridine rings is 1. The summed E-state index contributed by atoms with van der Waals surface area (Å²) in [4.78, 5) is 11.6. The molecule has 0 fully saturated rings. The maximum atomic E-state index is 11.6. The Hall–Kier alpha value is -2.05. The molecule has 0 spiro atoms. The summed E-state index contributed by atoms with van der Waals surface area (Å²) >= 11 is 11.8. The summed E-state index contributed by atoms with van der Waals surface area (Å²) in [6.07, 6.45) is 0. The van der Waals surface area contributed by atoms with E-state index in [9.17, 15) is 15.1 Å². The van der Waals surface area contributed by atoms with E-state index in [-0.39, 0.29) is 26.8 Å². The van der Waals surface area contributed by atoms with Crippen molar-refractivity contribution in [2.75, 3.05) is 0 Å². The van der Waals surface area contributed by atoms with Gasteiger partial charge < -0.3 is 10.3 Å². The van der Waals surface area contributed by atoms with Crippen LogP contribution in [0, 0.1) is 0 Å². The van der Waals surface area contributed by atoms with Crippen molar-refractivity contribution in [1.29, 1.82) is 0 Å². The molecule has 6 nitrogen and oxygen atoms in total. The third-order valence-corrected chi connectivity index (χ3v) is 3.46. The Morgan fingerprint density at radius 3 is 2.53 bits per heavy atom. The van der Waals surface area contributed by atoms with Crippen LogP contribution in [0.5, 0.6) is 5.88 Å². The minimum Gasteiger partial charge on any atom is -0.491 e.